The van der Waals surface area contributed by atoms with Crippen LogP contribution in [0.4, 0.5) is 0 Å². The van der Waals surface area contributed by atoms with Gasteiger partial charge in [-0.2, -0.15) is 16.7 Å². The molecule has 5 nitrogen and oxygen atoms in total. The highest BCUT2D eigenvalue weighted by Crippen LogP contribution is 2.15. The molecule has 2 aromatic heterocycles. The third kappa shape index (κ3) is 3.54. The van der Waals surface area contributed by atoms with E-state index in [4.69, 9.17) is 10.3 Å². The molecular weight excluding hydrogens is 248 g/mol. The van der Waals surface area contributed by atoms with Gasteiger partial charge < -0.3 is 10.3 Å². The van der Waals surface area contributed by atoms with Gasteiger partial charge in [0.1, 0.15) is 0 Å². The number of nitrogens with zero attached hydrogens (tertiary/aromatic N) is 3. The third-order valence-corrected chi connectivity index (χ3v) is 3.19. The summed E-state index contributed by atoms with van der Waals surface area (Å²) < 4.78 is 5.18. The van der Waals surface area contributed by atoms with Crippen LogP contribution in [0.3, 0.4) is 0 Å². The van der Waals surface area contributed by atoms with E-state index in [0.717, 1.165) is 17.7 Å². The van der Waals surface area contributed by atoms with Crippen LogP contribution in [0.1, 0.15) is 29.7 Å². The lowest BCUT2D eigenvalue weighted by molar-refractivity contribution is 0.349. The molecule has 6 heteroatoms. The predicted octanol–water partition coefficient (Wildman–Crippen LogP) is 1.81. The quantitative estimate of drug-likeness (QED) is 0.857. The Morgan fingerprint density at radius 3 is 2.89 bits per heavy atom. The molecule has 0 spiro atoms. The summed E-state index contributed by atoms with van der Waals surface area (Å²) in [4.78, 5) is 8.29. The fourth-order valence-electron chi connectivity index (χ4n) is 1.54. The molecule has 0 saturated heterocycles. The Balaban J connectivity index is 1.98. The zero-order valence-electron chi connectivity index (χ0n) is 10.2. The van der Waals surface area contributed by atoms with Crippen LogP contribution in [0, 0.1) is 0 Å². The van der Waals surface area contributed by atoms with Crippen molar-refractivity contribution in [3.05, 3.63) is 41.8 Å². The lowest BCUT2D eigenvalue weighted by Crippen LogP contribution is -2.11. The van der Waals surface area contributed by atoms with Gasteiger partial charge in [0.15, 0.2) is 5.82 Å². The van der Waals surface area contributed by atoms with Crippen LogP contribution in [-0.4, -0.2) is 27.1 Å². The summed E-state index contributed by atoms with van der Waals surface area (Å²) in [5.74, 6) is 2.17. The summed E-state index contributed by atoms with van der Waals surface area (Å²) in [7, 11) is 0. The zero-order valence-corrected chi connectivity index (χ0v) is 11.1. The molecule has 2 heterocycles. The van der Waals surface area contributed by atoms with Gasteiger partial charge in [0.05, 0.1) is 6.04 Å². The molecule has 2 N–H and O–H groups in total. The van der Waals surface area contributed by atoms with Crippen molar-refractivity contribution in [1.29, 1.82) is 0 Å². The summed E-state index contributed by atoms with van der Waals surface area (Å²) in [6.45, 7) is 0. The third-order valence-electron chi connectivity index (χ3n) is 2.55. The van der Waals surface area contributed by atoms with E-state index in [0.29, 0.717) is 18.1 Å². The van der Waals surface area contributed by atoms with E-state index in [-0.39, 0.29) is 6.04 Å². The topological polar surface area (TPSA) is 77.8 Å². The van der Waals surface area contributed by atoms with Gasteiger partial charge in [0, 0.05) is 18.8 Å². The normalized spacial score (nSPS) is 12.6. The van der Waals surface area contributed by atoms with Crippen molar-refractivity contribution in [2.45, 2.75) is 18.9 Å². The Bertz CT molecular complexity index is 474. The van der Waals surface area contributed by atoms with Crippen LogP contribution in [0.15, 0.2) is 29.0 Å². The van der Waals surface area contributed by atoms with Gasteiger partial charge in [-0.25, -0.2) is 0 Å². The first-order chi connectivity index (χ1) is 8.79. The average Bonchev–Trinajstić information content (AvgIpc) is 2.86. The van der Waals surface area contributed by atoms with Gasteiger partial charge in [-0.05, 0) is 36.1 Å². The second kappa shape index (κ2) is 6.51. The molecule has 0 aromatic carbocycles. The van der Waals surface area contributed by atoms with Crippen molar-refractivity contribution in [3.8, 4) is 0 Å². The molecule has 0 fully saturated rings. The highest BCUT2D eigenvalue weighted by molar-refractivity contribution is 7.98. The maximum Gasteiger partial charge on any atom is 0.243 e. The smallest absolute Gasteiger partial charge is 0.243 e. The van der Waals surface area contributed by atoms with E-state index in [1.807, 2.05) is 12.1 Å². The van der Waals surface area contributed by atoms with Crippen LogP contribution >= 0.6 is 11.8 Å². The summed E-state index contributed by atoms with van der Waals surface area (Å²) >= 11 is 1.76. The van der Waals surface area contributed by atoms with Gasteiger partial charge in [-0.1, -0.05) is 5.16 Å². The molecule has 2 aromatic rings. The van der Waals surface area contributed by atoms with Crippen molar-refractivity contribution < 1.29 is 4.52 Å². The Kier molecular flexibility index (Phi) is 4.72. The van der Waals surface area contributed by atoms with Crippen molar-refractivity contribution in [1.82, 2.24) is 15.1 Å². The number of pyridine rings is 1. The number of thioether (sulfide) groups is 1. The molecule has 0 aliphatic heterocycles. The van der Waals surface area contributed by atoms with E-state index in [9.17, 15) is 0 Å². The monoisotopic (exact) mass is 264 g/mol. The Morgan fingerprint density at radius 2 is 2.17 bits per heavy atom. The molecule has 0 aliphatic carbocycles. The molecule has 2 rings (SSSR count). The standard InChI is InChI=1S/C12H16N4OS/c1-18-7-4-10(13)12-15-11(16-17-12)8-9-2-5-14-6-3-9/h2-3,5-6,10H,4,7-8,13H2,1H3/t10-/m1/s1. The van der Waals surface area contributed by atoms with E-state index < -0.39 is 0 Å². The Hall–Kier alpha value is -1.40. The number of hydrogen-bond acceptors (Lipinski definition) is 6. The van der Waals surface area contributed by atoms with E-state index in [1.165, 1.54) is 0 Å². The fraction of sp³-hybridized carbons (Fsp3) is 0.417. The van der Waals surface area contributed by atoms with Crippen LogP contribution < -0.4 is 5.73 Å². The molecule has 0 bridgehead atoms. The molecular formula is C12H16N4OS. The van der Waals surface area contributed by atoms with Gasteiger partial charge in [0.25, 0.3) is 0 Å². The molecule has 0 aliphatic rings. The van der Waals surface area contributed by atoms with E-state index in [2.05, 4.69) is 21.4 Å². The summed E-state index contributed by atoms with van der Waals surface area (Å²) in [5.41, 5.74) is 7.07. The van der Waals surface area contributed by atoms with Crippen molar-refractivity contribution in [2.24, 2.45) is 5.73 Å². The molecule has 1 atom stereocenters. The molecule has 0 unspecified atom stereocenters. The van der Waals surface area contributed by atoms with Crippen LogP contribution in [-0.2, 0) is 6.42 Å². The maximum atomic E-state index is 5.97. The highest BCUT2D eigenvalue weighted by atomic mass is 32.2. The van der Waals surface area contributed by atoms with Crippen molar-refractivity contribution >= 4 is 11.8 Å². The van der Waals surface area contributed by atoms with Gasteiger partial charge >= 0.3 is 0 Å². The van der Waals surface area contributed by atoms with E-state index >= 15 is 0 Å². The van der Waals surface area contributed by atoms with Gasteiger partial charge in [-0.15, -0.1) is 0 Å². The first-order valence-corrected chi connectivity index (χ1v) is 7.15. The first kappa shape index (κ1) is 13.0. The number of hydrogen-bond donors (Lipinski definition) is 1. The summed E-state index contributed by atoms with van der Waals surface area (Å²) in [5, 5.41) is 3.95. The lowest BCUT2D eigenvalue weighted by Gasteiger charge is -2.03. The fourth-order valence-corrected chi connectivity index (χ4v) is 2.03. The minimum Gasteiger partial charge on any atom is -0.338 e. The largest absolute Gasteiger partial charge is 0.338 e. The summed E-state index contributed by atoms with van der Waals surface area (Å²) in [6.07, 6.45) is 7.04. The number of aromatic nitrogens is 3. The maximum absolute atomic E-state index is 5.97. The second-order valence-electron chi connectivity index (χ2n) is 3.97. The Labute approximate surface area is 110 Å². The minimum atomic E-state index is -0.170. The predicted molar refractivity (Wildman–Crippen MR) is 71.3 cm³/mol. The molecule has 18 heavy (non-hydrogen) atoms. The lowest BCUT2D eigenvalue weighted by atomic mass is 10.2. The van der Waals surface area contributed by atoms with Gasteiger partial charge in [0.2, 0.25) is 5.89 Å². The van der Waals surface area contributed by atoms with Crippen LogP contribution in [0.2, 0.25) is 0 Å². The summed E-state index contributed by atoms with van der Waals surface area (Å²) in [6, 6.07) is 3.70. The second-order valence-corrected chi connectivity index (χ2v) is 4.95. The van der Waals surface area contributed by atoms with Crippen LogP contribution in [0.5, 0.6) is 0 Å². The minimum absolute atomic E-state index is 0.170. The van der Waals surface area contributed by atoms with Crippen molar-refractivity contribution in [3.63, 3.8) is 0 Å². The molecule has 0 radical (unpaired) electrons. The zero-order chi connectivity index (χ0) is 12.8. The molecule has 0 saturated carbocycles. The SMILES string of the molecule is CSCC[C@@H](N)c1nc(Cc2ccncc2)no1. The number of rotatable bonds is 6. The van der Waals surface area contributed by atoms with Gasteiger partial charge in [-0.3, -0.25) is 4.98 Å². The highest BCUT2D eigenvalue weighted by Gasteiger charge is 2.14. The average molecular weight is 264 g/mol. The molecule has 0 amide bonds. The van der Waals surface area contributed by atoms with E-state index in [1.54, 1.807) is 24.2 Å². The number of nitrogens with two attached hydrogens (primary N) is 1. The molecule has 96 valence electrons. The Morgan fingerprint density at radius 1 is 1.39 bits per heavy atom. The van der Waals surface area contributed by atoms with Crippen LogP contribution in [0.25, 0.3) is 0 Å². The van der Waals surface area contributed by atoms with Crippen molar-refractivity contribution in [2.75, 3.05) is 12.0 Å². The first-order valence-electron chi connectivity index (χ1n) is 5.75.